The second-order valence-electron chi connectivity index (χ2n) is 5.36. The molecule has 0 saturated heterocycles. The third-order valence-electron chi connectivity index (χ3n) is 3.06. The molecule has 20 heavy (non-hydrogen) atoms. The number of carboxylic acid groups (broad SMARTS) is 1. The lowest BCUT2D eigenvalue weighted by molar-refractivity contribution is 0.0696. The van der Waals surface area contributed by atoms with Crippen LogP contribution in [-0.4, -0.2) is 23.5 Å². The van der Waals surface area contributed by atoms with E-state index in [2.05, 4.69) is 19.2 Å². The van der Waals surface area contributed by atoms with E-state index >= 15 is 0 Å². The molecule has 1 rings (SSSR count). The van der Waals surface area contributed by atoms with Gasteiger partial charge in [-0.15, -0.1) is 0 Å². The van der Waals surface area contributed by atoms with Crippen LogP contribution in [0.1, 0.15) is 66.9 Å². The number of nitrogens with one attached hydrogen (secondary N) is 1. The van der Waals surface area contributed by atoms with E-state index in [4.69, 9.17) is 9.52 Å². The summed E-state index contributed by atoms with van der Waals surface area (Å²) in [7, 11) is 0. The Kier molecular flexibility index (Phi) is 6.84. The molecule has 0 bridgehead atoms. The molecule has 0 aliphatic heterocycles. The highest BCUT2D eigenvalue weighted by molar-refractivity contribution is 5.95. The lowest BCUT2D eigenvalue weighted by Gasteiger charge is -2.05. The summed E-state index contributed by atoms with van der Waals surface area (Å²) in [5.41, 5.74) is -0.0103. The highest BCUT2D eigenvalue weighted by Gasteiger charge is 2.13. The molecule has 1 aromatic rings. The molecule has 0 aliphatic carbocycles. The van der Waals surface area contributed by atoms with Crippen molar-refractivity contribution in [2.45, 2.75) is 46.0 Å². The number of unbranched alkanes of at least 4 members (excludes halogenated alkanes) is 3. The van der Waals surface area contributed by atoms with Gasteiger partial charge in [0.05, 0.1) is 5.56 Å². The molecule has 0 atom stereocenters. The minimum atomic E-state index is -1.10. The Balaban J connectivity index is 2.15. The number of aromatic carboxylic acids is 1. The van der Waals surface area contributed by atoms with E-state index in [1.807, 2.05) is 0 Å². The molecule has 2 N–H and O–H groups in total. The van der Waals surface area contributed by atoms with Crippen LogP contribution in [0.25, 0.3) is 0 Å². The molecule has 5 nitrogen and oxygen atoms in total. The van der Waals surface area contributed by atoms with Gasteiger partial charge in [0, 0.05) is 12.6 Å². The maximum Gasteiger partial charge on any atom is 0.338 e. The largest absolute Gasteiger partial charge is 0.478 e. The first-order valence-corrected chi connectivity index (χ1v) is 7.10. The minimum absolute atomic E-state index is 0.0103. The number of amides is 1. The third-order valence-corrected chi connectivity index (χ3v) is 3.06. The van der Waals surface area contributed by atoms with E-state index in [0.717, 1.165) is 25.0 Å². The molecule has 0 saturated carbocycles. The molecular weight excluding hydrogens is 258 g/mol. The number of furan rings is 1. The quantitative estimate of drug-likeness (QED) is 0.680. The van der Waals surface area contributed by atoms with Crippen LogP contribution < -0.4 is 5.32 Å². The maximum atomic E-state index is 11.7. The monoisotopic (exact) mass is 281 g/mol. The van der Waals surface area contributed by atoms with Crippen LogP contribution >= 0.6 is 0 Å². The van der Waals surface area contributed by atoms with Crippen LogP contribution in [0, 0.1) is 5.92 Å². The van der Waals surface area contributed by atoms with Crippen LogP contribution in [0.15, 0.2) is 16.7 Å². The fraction of sp³-hybridized carbons (Fsp3) is 0.600. The van der Waals surface area contributed by atoms with E-state index in [-0.39, 0.29) is 17.2 Å². The van der Waals surface area contributed by atoms with Gasteiger partial charge in [0.15, 0.2) is 5.76 Å². The molecule has 5 heteroatoms. The normalized spacial score (nSPS) is 10.8. The average molecular weight is 281 g/mol. The Morgan fingerprint density at radius 1 is 1.25 bits per heavy atom. The Labute approximate surface area is 119 Å². The number of rotatable bonds is 9. The Morgan fingerprint density at radius 3 is 2.55 bits per heavy atom. The van der Waals surface area contributed by atoms with Crippen LogP contribution in [-0.2, 0) is 0 Å². The number of hydrogen-bond donors (Lipinski definition) is 2. The minimum Gasteiger partial charge on any atom is -0.478 e. The van der Waals surface area contributed by atoms with Gasteiger partial charge in [-0.25, -0.2) is 4.79 Å². The van der Waals surface area contributed by atoms with Crippen molar-refractivity contribution in [1.29, 1.82) is 0 Å². The summed E-state index contributed by atoms with van der Waals surface area (Å²) in [5.74, 6) is -0.670. The van der Waals surface area contributed by atoms with Gasteiger partial charge in [-0.05, 0) is 12.3 Å². The van der Waals surface area contributed by atoms with Crippen molar-refractivity contribution in [1.82, 2.24) is 5.32 Å². The Morgan fingerprint density at radius 2 is 1.95 bits per heavy atom. The summed E-state index contributed by atoms with van der Waals surface area (Å²) in [6.45, 7) is 5.02. The van der Waals surface area contributed by atoms with Gasteiger partial charge in [-0.3, -0.25) is 4.79 Å². The fourth-order valence-corrected chi connectivity index (χ4v) is 1.89. The highest BCUT2D eigenvalue weighted by Crippen LogP contribution is 2.10. The standard InChI is InChI=1S/C15H23NO4/c1-11(2)7-5-3-4-6-8-16-14(17)13-9-12(10-20-13)15(18)19/h9-11H,3-8H2,1-2H3,(H,16,17)(H,18,19). The zero-order valence-electron chi connectivity index (χ0n) is 12.1. The molecule has 0 aromatic carbocycles. The molecule has 0 aliphatic rings. The maximum absolute atomic E-state index is 11.7. The highest BCUT2D eigenvalue weighted by atomic mass is 16.4. The number of carboxylic acids is 1. The first-order chi connectivity index (χ1) is 9.50. The summed E-state index contributed by atoms with van der Waals surface area (Å²) < 4.78 is 4.92. The Bertz CT molecular complexity index is 437. The molecule has 0 spiro atoms. The molecule has 1 heterocycles. The molecule has 1 amide bonds. The number of carbonyl (C=O) groups is 2. The molecule has 1 aromatic heterocycles. The van der Waals surface area contributed by atoms with Crippen LogP contribution in [0.5, 0.6) is 0 Å². The Hall–Kier alpha value is -1.78. The van der Waals surface area contributed by atoms with E-state index in [1.165, 1.54) is 25.3 Å². The summed E-state index contributed by atoms with van der Waals surface area (Å²) in [6, 6.07) is 1.24. The zero-order chi connectivity index (χ0) is 15.0. The van der Waals surface area contributed by atoms with Crippen LogP contribution in [0.4, 0.5) is 0 Å². The predicted molar refractivity (Wildman–Crippen MR) is 75.9 cm³/mol. The zero-order valence-corrected chi connectivity index (χ0v) is 12.1. The smallest absolute Gasteiger partial charge is 0.338 e. The van der Waals surface area contributed by atoms with E-state index < -0.39 is 5.97 Å². The second kappa shape index (κ2) is 8.40. The van der Waals surface area contributed by atoms with Crippen molar-refractivity contribution >= 4 is 11.9 Å². The third kappa shape index (κ3) is 5.91. The predicted octanol–water partition coefficient (Wildman–Crippen LogP) is 3.31. The van der Waals surface area contributed by atoms with Crippen LogP contribution in [0.2, 0.25) is 0 Å². The molecular formula is C15H23NO4. The van der Waals surface area contributed by atoms with Crippen molar-refractivity contribution in [3.05, 3.63) is 23.7 Å². The summed E-state index contributed by atoms with van der Waals surface area (Å²) in [5, 5.41) is 11.4. The van der Waals surface area contributed by atoms with Gasteiger partial charge in [0.1, 0.15) is 6.26 Å². The van der Waals surface area contributed by atoms with Crippen LogP contribution in [0.3, 0.4) is 0 Å². The molecule has 0 fully saturated rings. The topological polar surface area (TPSA) is 79.5 Å². The fourth-order valence-electron chi connectivity index (χ4n) is 1.89. The van der Waals surface area contributed by atoms with Crippen molar-refractivity contribution in [2.75, 3.05) is 6.54 Å². The van der Waals surface area contributed by atoms with E-state index in [9.17, 15) is 9.59 Å². The summed E-state index contributed by atoms with van der Waals surface area (Å²) in [6.07, 6.45) is 6.74. The van der Waals surface area contributed by atoms with E-state index in [0.29, 0.717) is 6.54 Å². The van der Waals surface area contributed by atoms with Crippen molar-refractivity contribution < 1.29 is 19.1 Å². The lowest BCUT2D eigenvalue weighted by atomic mass is 10.0. The second-order valence-corrected chi connectivity index (χ2v) is 5.36. The van der Waals surface area contributed by atoms with Gasteiger partial charge in [0.25, 0.3) is 5.91 Å². The van der Waals surface area contributed by atoms with Gasteiger partial charge < -0.3 is 14.8 Å². The molecule has 0 unspecified atom stereocenters. The summed E-state index contributed by atoms with van der Waals surface area (Å²) in [4.78, 5) is 22.3. The number of hydrogen-bond acceptors (Lipinski definition) is 3. The first kappa shape index (κ1) is 16.3. The summed E-state index contributed by atoms with van der Waals surface area (Å²) >= 11 is 0. The van der Waals surface area contributed by atoms with E-state index in [1.54, 1.807) is 0 Å². The van der Waals surface area contributed by atoms with Gasteiger partial charge in [0.2, 0.25) is 0 Å². The molecule has 112 valence electrons. The average Bonchev–Trinajstić information content (AvgIpc) is 2.86. The van der Waals surface area contributed by atoms with Crippen molar-refractivity contribution in [3.63, 3.8) is 0 Å². The van der Waals surface area contributed by atoms with Crippen molar-refractivity contribution in [2.24, 2.45) is 5.92 Å². The van der Waals surface area contributed by atoms with Gasteiger partial charge in [-0.2, -0.15) is 0 Å². The number of carbonyl (C=O) groups excluding carboxylic acids is 1. The molecule has 0 radical (unpaired) electrons. The first-order valence-electron chi connectivity index (χ1n) is 7.10. The van der Waals surface area contributed by atoms with Gasteiger partial charge in [-0.1, -0.05) is 39.5 Å². The SMILES string of the molecule is CC(C)CCCCCCNC(=O)c1cc(C(=O)O)co1. The lowest BCUT2D eigenvalue weighted by Crippen LogP contribution is -2.23. The van der Waals surface area contributed by atoms with Gasteiger partial charge >= 0.3 is 5.97 Å². The van der Waals surface area contributed by atoms with Crippen molar-refractivity contribution in [3.8, 4) is 0 Å².